The van der Waals surface area contributed by atoms with Crippen molar-refractivity contribution >= 4 is 23.7 Å². The molecule has 2 aliphatic heterocycles. The second kappa shape index (κ2) is 6.48. The van der Waals surface area contributed by atoms with Crippen LogP contribution in [0, 0.1) is 17.3 Å². The lowest BCUT2D eigenvalue weighted by molar-refractivity contribution is -0.169. The van der Waals surface area contributed by atoms with Gasteiger partial charge in [0.25, 0.3) is 0 Å². The largest absolute Gasteiger partial charge is 0.468 e. The van der Waals surface area contributed by atoms with Gasteiger partial charge in [0.1, 0.15) is 5.41 Å². The summed E-state index contributed by atoms with van der Waals surface area (Å²) in [5, 5.41) is 4.05. The van der Waals surface area contributed by atoms with Gasteiger partial charge in [-0.2, -0.15) is 0 Å². The first-order valence-corrected chi connectivity index (χ1v) is 10.9. The number of allylic oxidation sites excluding steroid dienone is 1. The first-order chi connectivity index (χ1) is 15.6. The lowest BCUT2D eigenvalue weighted by Crippen LogP contribution is -2.66. The molecule has 6 nitrogen and oxygen atoms in total. The van der Waals surface area contributed by atoms with Crippen LogP contribution in [0.3, 0.4) is 0 Å². The molecule has 2 heterocycles. The predicted octanol–water partition coefficient (Wildman–Crippen LogP) is 3.73. The van der Waals surface area contributed by atoms with E-state index in [1.165, 1.54) is 14.2 Å². The van der Waals surface area contributed by atoms with Crippen LogP contribution in [0.15, 0.2) is 72.9 Å². The van der Waals surface area contributed by atoms with E-state index >= 15 is 0 Å². The average Bonchev–Trinajstić information content (AvgIpc) is 3.51. The van der Waals surface area contributed by atoms with Crippen LogP contribution >= 0.6 is 0 Å². The normalized spacial score (nSPS) is 33.0. The molecule has 1 saturated heterocycles. The molecule has 0 radical (unpaired) electrons. The fourth-order valence-electron chi connectivity index (χ4n) is 6.85. The van der Waals surface area contributed by atoms with Crippen molar-refractivity contribution in [3.05, 3.63) is 84.1 Å². The minimum Gasteiger partial charge on any atom is -0.468 e. The second-order valence-corrected chi connectivity index (χ2v) is 8.83. The number of hydrogen-bond acceptors (Lipinski definition) is 6. The van der Waals surface area contributed by atoms with Crippen LogP contribution < -0.4 is 5.01 Å². The standard InChI is InChI=1S/C26H24N2O4/c1-31-23(29)25-18-12-13-19(16-18)26(25,24(30)32-2)28(20-9-4-3-5-10-20)27-15-14-17-8-6-7-11-21(17)22(25)27/h3-15,18-19,22H,16H2,1-2H3/t18-,19+,22-,25-,26+/m0/s1. The van der Waals surface area contributed by atoms with Gasteiger partial charge in [-0.15, -0.1) is 0 Å². The molecule has 6 rings (SSSR count). The summed E-state index contributed by atoms with van der Waals surface area (Å²) in [5.41, 5.74) is 0.455. The van der Waals surface area contributed by atoms with Crippen LogP contribution in [-0.2, 0) is 19.1 Å². The number of hydrogen-bond donors (Lipinski definition) is 0. The number of methoxy groups -OCH3 is 2. The number of para-hydroxylation sites is 1. The van der Waals surface area contributed by atoms with Crippen LogP contribution in [0.4, 0.5) is 5.69 Å². The third kappa shape index (κ3) is 1.92. The first-order valence-electron chi connectivity index (χ1n) is 10.9. The van der Waals surface area contributed by atoms with Crippen LogP contribution in [0.25, 0.3) is 6.08 Å². The number of esters is 2. The van der Waals surface area contributed by atoms with E-state index in [0.29, 0.717) is 6.42 Å². The summed E-state index contributed by atoms with van der Waals surface area (Å²) < 4.78 is 11.0. The number of fused-ring (bicyclic) bond motifs is 9. The average molecular weight is 428 g/mol. The molecule has 162 valence electrons. The van der Waals surface area contributed by atoms with E-state index in [1.54, 1.807) is 0 Å². The van der Waals surface area contributed by atoms with Gasteiger partial charge in [-0.05, 0) is 41.7 Å². The Morgan fingerprint density at radius 1 is 0.906 bits per heavy atom. The first kappa shape index (κ1) is 19.2. The van der Waals surface area contributed by atoms with Crippen LogP contribution in [0.2, 0.25) is 0 Å². The van der Waals surface area contributed by atoms with Gasteiger partial charge in [-0.3, -0.25) is 14.8 Å². The number of ether oxygens (including phenoxy) is 2. The van der Waals surface area contributed by atoms with Crippen molar-refractivity contribution in [1.29, 1.82) is 0 Å². The molecule has 0 aromatic heterocycles. The van der Waals surface area contributed by atoms with Gasteiger partial charge in [0.15, 0.2) is 5.54 Å². The van der Waals surface area contributed by atoms with Gasteiger partial charge in [0.05, 0.1) is 25.9 Å². The predicted molar refractivity (Wildman–Crippen MR) is 119 cm³/mol. The third-order valence-electron chi connectivity index (χ3n) is 7.81. The monoisotopic (exact) mass is 428 g/mol. The second-order valence-electron chi connectivity index (χ2n) is 8.83. The Morgan fingerprint density at radius 2 is 1.59 bits per heavy atom. The zero-order chi connectivity index (χ0) is 22.1. The van der Waals surface area contributed by atoms with E-state index < -0.39 is 23.0 Å². The van der Waals surface area contributed by atoms with Crippen molar-refractivity contribution in [2.75, 3.05) is 19.2 Å². The summed E-state index contributed by atoms with van der Waals surface area (Å²) in [6, 6.07) is 17.4. The van der Waals surface area contributed by atoms with Crippen molar-refractivity contribution in [1.82, 2.24) is 5.01 Å². The van der Waals surface area contributed by atoms with E-state index in [9.17, 15) is 9.59 Å². The molecule has 4 aliphatic rings. The molecule has 0 spiro atoms. The van der Waals surface area contributed by atoms with Crippen molar-refractivity contribution in [2.24, 2.45) is 17.3 Å². The summed E-state index contributed by atoms with van der Waals surface area (Å²) in [4.78, 5) is 27.8. The summed E-state index contributed by atoms with van der Waals surface area (Å²) in [7, 11) is 2.81. The maximum atomic E-state index is 13.9. The Balaban J connectivity index is 1.75. The lowest BCUT2D eigenvalue weighted by atomic mass is 9.58. The third-order valence-corrected chi connectivity index (χ3v) is 7.81. The molecule has 2 aromatic carbocycles. The zero-order valence-electron chi connectivity index (χ0n) is 18.0. The highest BCUT2D eigenvalue weighted by atomic mass is 16.5. The molecule has 32 heavy (non-hydrogen) atoms. The molecular weight excluding hydrogens is 404 g/mol. The smallest absolute Gasteiger partial charge is 0.335 e. The fourth-order valence-corrected chi connectivity index (χ4v) is 6.85. The van der Waals surface area contributed by atoms with Gasteiger partial charge in [-0.25, -0.2) is 4.79 Å². The van der Waals surface area contributed by atoms with E-state index in [1.807, 2.05) is 71.9 Å². The van der Waals surface area contributed by atoms with Gasteiger partial charge >= 0.3 is 11.9 Å². The molecule has 2 aromatic rings. The number of benzene rings is 2. The molecule has 2 fully saturated rings. The molecule has 2 bridgehead atoms. The minimum absolute atomic E-state index is 0.153. The number of nitrogens with zero attached hydrogens (tertiary/aromatic N) is 2. The van der Waals surface area contributed by atoms with Crippen LogP contribution in [0.1, 0.15) is 23.6 Å². The van der Waals surface area contributed by atoms with Crippen LogP contribution in [0.5, 0.6) is 0 Å². The summed E-state index contributed by atoms with van der Waals surface area (Å²) in [6.45, 7) is 0. The lowest BCUT2D eigenvalue weighted by Gasteiger charge is -2.46. The number of hydrazine groups is 1. The quantitative estimate of drug-likeness (QED) is 0.549. The summed E-state index contributed by atoms with van der Waals surface area (Å²) >= 11 is 0. The molecule has 0 amide bonds. The highest BCUT2D eigenvalue weighted by Gasteiger charge is 2.85. The van der Waals surface area contributed by atoms with Crippen molar-refractivity contribution < 1.29 is 19.1 Å². The van der Waals surface area contributed by atoms with E-state index in [4.69, 9.17) is 9.47 Å². The maximum Gasteiger partial charge on any atom is 0.335 e. The Bertz CT molecular complexity index is 1150. The highest BCUT2D eigenvalue weighted by Crippen LogP contribution is 2.73. The highest BCUT2D eigenvalue weighted by molar-refractivity contribution is 6.00. The Morgan fingerprint density at radius 3 is 2.34 bits per heavy atom. The van der Waals surface area contributed by atoms with Gasteiger partial charge in [-0.1, -0.05) is 54.6 Å². The summed E-state index contributed by atoms with van der Waals surface area (Å²) in [5.74, 6) is -1.13. The topological polar surface area (TPSA) is 59.1 Å². The van der Waals surface area contributed by atoms with Gasteiger partial charge in [0, 0.05) is 12.1 Å². The van der Waals surface area contributed by atoms with Gasteiger partial charge < -0.3 is 9.47 Å². The summed E-state index contributed by atoms with van der Waals surface area (Å²) in [6.07, 6.45) is 8.88. The van der Waals surface area contributed by atoms with Crippen molar-refractivity contribution in [2.45, 2.75) is 18.0 Å². The SMILES string of the molecule is COC(=O)[C@]12[C@@H]3c4ccccc4C=CN3N(c3ccccc3)[C@@]1(C(=O)OC)[C@@H]1C=C[C@H]2C1. The molecule has 0 N–H and O–H groups in total. The zero-order valence-corrected chi connectivity index (χ0v) is 18.0. The van der Waals surface area contributed by atoms with E-state index in [-0.39, 0.29) is 17.8 Å². The number of anilines is 1. The minimum atomic E-state index is -1.26. The van der Waals surface area contributed by atoms with Gasteiger partial charge in [0.2, 0.25) is 0 Å². The Hall–Kier alpha value is -3.54. The Kier molecular flexibility index (Phi) is 3.88. The molecule has 5 atom stereocenters. The maximum absolute atomic E-state index is 13.9. The van der Waals surface area contributed by atoms with Crippen LogP contribution in [-0.4, -0.2) is 36.7 Å². The van der Waals surface area contributed by atoms with E-state index in [0.717, 1.165) is 16.8 Å². The number of rotatable bonds is 3. The van der Waals surface area contributed by atoms with Crippen molar-refractivity contribution in [3.63, 3.8) is 0 Å². The molecule has 0 unspecified atom stereocenters. The van der Waals surface area contributed by atoms with Crippen molar-refractivity contribution in [3.8, 4) is 0 Å². The Labute approximate surface area is 186 Å². The van der Waals surface area contributed by atoms with E-state index in [2.05, 4.69) is 17.2 Å². The molecule has 1 saturated carbocycles. The molecule has 6 heteroatoms. The molecular formula is C26H24N2O4. The number of carbonyl (C=O) groups is 2. The molecule has 2 aliphatic carbocycles. The number of carbonyl (C=O) groups excluding carboxylic acids is 2. The fraction of sp³-hybridized carbons (Fsp3) is 0.308.